The van der Waals surface area contributed by atoms with E-state index in [-0.39, 0.29) is 0 Å². The van der Waals surface area contributed by atoms with Gasteiger partial charge in [-0.3, -0.25) is 4.57 Å². The summed E-state index contributed by atoms with van der Waals surface area (Å²) < 4.78 is 24.4. The molecule has 0 saturated heterocycles. The fourth-order valence-corrected chi connectivity index (χ4v) is 1.57. The number of carboxylic acids is 1. The van der Waals surface area contributed by atoms with Crippen LogP contribution in [0, 0.1) is 0 Å². The molecule has 0 aliphatic carbocycles. The molecule has 0 spiro atoms. The first-order valence-electron chi connectivity index (χ1n) is 4.22. The fraction of sp³-hybridized carbons (Fsp3) is 0.857. The molecule has 0 aromatic heterocycles. The van der Waals surface area contributed by atoms with Crippen LogP contribution in [0.3, 0.4) is 0 Å². The van der Waals surface area contributed by atoms with Gasteiger partial charge in [0.05, 0.1) is 6.16 Å². The minimum Gasteiger partial charge on any atom is -0.477 e. The van der Waals surface area contributed by atoms with E-state index in [2.05, 4.69) is 5.73 Å². The lowest BCUT2D eigenvalue weighted by atomic mass is 9.83. The number of hydrogen-bond donors (Lipinski definition) is 4. The van der Waals surface area contributed by atoms with Crippen molar-refractivity contribution in [2.24, 2.45) is 0 Å². The van der Waals surface area contributed by atoms with E-state index in [1.165, 1.54) is 0 Å². The van der Waals surface area contributed by atoms with E-state index in [0.717, 1.165) is 13.8 Å². The molecule has 0 radical (unpaired) electrons. The molecule has 6 nitrogen and oxygen atoms in total. The first-order chi connectivity index (χ1) is 6.40. The van der Waals surface area contributed by atoms with Crippen LogP contribution in [0.4, 0.5) is 4.39 Å². The quantitative estimate of drug-likeness (QED) is 0.479. The van der Waals surface area contributed by atoms with Gasteiger partial charge in [-0.1, -0.05) is 0 Å². The Morgan fingerprint density at radius 1 is 1.47 bits per heavy atom. The summed E-state index contributed by atoms with van der Waals surface area (Å²) in [7, 11) is -4.32. The van der Waals surface area contributed by atoms with E-state index in [0.29, 0.717) is 0 Å². The highest BCUT2D eigenvalue weighted by Crippen LogP contribution is 2.39. The molecule has 0 aliphatic heterocycles. The van der Waals surface area contributed by atoms with Crippen molar-refractivity contribution in [2.75, 3.05) is 6.16 Å². The van der Waals surface area contributed by atoms with E-state index in [4.69, 9.17) is 14.9 Å². The Labute approximate surface area is 86.4 Å². The number of halogens is 1. The van der Waals surface area contributed by atoms with E-state index in [9.17, 15) is 13.8 Å². The molecule has 0 fully saturated rings. The SMILES string of the molecule is CC(F)(CCP(=O)(O)O)C(C)([NH3+])C(=O)O. The molecular weight excluding hydrogens is 228 g/mol. The largest absolute Gasteiger partial charge is 0.477 e. The van der Waals surface area contributed by atoms with Gasteiger partial charge in [-0.25, -0.2) is 9.18 Å². The fourth-order valence-electron chi connectivity index (χ4n) is 0.854. The third-order valence-electron chi connectivity index (χ3n) is 2.50. The maximum absolute atomic E-state index is 13.9. The van der Waals surface area contributed by atoms with E-state index in [1.807, 2.05) is 0 Å². The maximum atomic E-state index is 13.9. The molecule has 0 aliphatic rings. The summed E-state index contributed by atoms with van der Waals surface area (Å²) in [6, 6.07) is 0. The van der Waals surface area contributed by atoms with Gasteiger partial charge in [-0.05, 0) is 13.3 Å². The van der Waals surface area contributed by atoms with Crippen molar-refractivity contribution in [3.8, 4) is 0 Å². The zero-order valence-corrected chi connectivity index (χ0v) is 9.50. The van der Waals surface area contributed by atoms with Crippen LogP contribution >= 0.6 is 7.60 Å². The molecule has 0 rings (SSSR count). The van der Waals surface area contributed by atoms with Crippen molar-refractivity contribution in [1.82, 2.24) is 0 Å². The molecule has 15 heavy (non-hydrogen) atoms. The second-order valence-electron chi connectivity index (χ2n) is 3.97. The smallest absolute Gasteiger partial charge is 0.368 e. The lowest BCUT2D eigenvalue weighted by molar-refractivity contribution is -0.482. The summed E-state index contributed by atoms with van der Waals surface area (Å²) >= 11 is 0. The van der Waals surface area contributed by atoms with Crippen molar-refractivity contribution in [3.05, 3.63) is 0 Å². The third kappa shape index (κ3) is 3.87. The summed E-state index contributed by atoms with van der Waals surface area (Å²) in [5.41, 5.74) is -0.992. The van der Waals surface area contributed by atoms with Gasteiger partial charge in [-0.2, -0.15) is 0 Å². The Kier molecular flexibility index (Phi) is 4.04. The van der Waals surface area contributed by atoms with Gasteiger partial charge in [0.2, 0.25) is 5.54 Å². The summed E-state index contributed by atoms with van der Waals surface area (Å²) in [6.45, 7) is 2.05. The van der Waals surface area contributed by atoms with Crippen molar-refractivity contribution < 1.29 is 34.4 Å². The maximum Gasteiger partial charge on any atom is 0.368 e. The average molecular weight is 244 g/mol. The van der Waals surface area contributed by atoms with Crippen LogP contribution < -0.4 is 5.73 Å². The van der Waals surface area contributed by atoms with Gasteiger partial charge in [0.25, 0.3) is 0 Å². The lowest BCUT2D eigenvalue weighted by Gasteiger charge is -2.30. The molecule has 2 atom stereocenters. The van der Waals surface area contributed by atoms with Crippen LogP contribution in [0.15, 0.2) is 0 Å². The van der Waals surface area contributed by atoms with Gasteiger partial charge < -0.3 is 20.6 Å². The second-order valence-corrected chi connectivity index (χ2v) is 5.75. The molecular formula is C7H16FNO5P+. The Hall–Kier alpha value is -0.490. The number of hydrogen-bond acceptors (Lipinski definition) is 2. The van der Waals surface area contributed by atoms with E-state index in [1.54, 1.807) is 0 Å². The molecule has 0 amide bonds. The predicted molar refractivity (Wildman–Crippen MR) is 50.0 cm³/mol. The molecule has 90 valence electrons. The van der Waals surface area contributed by atoms with Crippen LogP contribution in [0.2, 0.25) is 0 Å². The highest BCUT2D eigenvalue weighted by atomic mass is 31.2. The minimum absolute atomic E-state index is 0.552. The Morgan fingerprint density at radius 3 is 2.13 bits per heavy atom. The molecule has 2 unspecified atom stereocenters. The van der Waals surface area contributed by atoms with Crippen LogP contribution in [0.5, 0.6) is 0 Å². The van der Waals surface area contributed by atoms with Gasteiger partial charge in [0.1, 0.15) is 0 Å². The van der Waals surface area contributed by atoms with Gasteiger partial charge in [0.15, 0.2) is 5.67 Å². The minimum atomic E-state index is -4.32. The summed E-state index contributed by atoms with van der Waals surface area (Å²) in [4.78, 5) is 27.8. The highest BCUT2D eigenvalue weighted by Gasteiger charge is 2.52. The molecule has 6 N–H and O–H groups in total. The Balaban J connectivity index is 4.69. The lowest BCUT2D eigenvalue weighted by Crippen LogP contribution is -2.82. The van der Waals surface area contributed by atoms with E-state index < -0.39 is 37.4 Å². The van der Waals surface area contributed by atoms with Crippen molar-refractivity contribution in [2.45, 2.75) is 31.5 Å². The topological polar surface area (TPSA) is 122 Å². The van der Waals surface area contributed by atoms with Crippen LogP contribution in [-0.4, -0.2) is 38.2 Å². The summed E-state index contributed by atoms with van der Waals surface area (Å²) in [5.74, 6) is -1.45. The Bertz CT molecular complexity index is 298. The third-order valence-corrected chi connectivity index (χ3v) is 3.30. The zero-order chi connectivity index (χ0) is 12.5. The number of rotatable bonds is 5. The first-order valence-corrected chi connectivity index (χ1v) is 6.02. The second kappa shape index (κ2) is 4.17. The van der Waals surface area contributed by atoms with Crippen LogP contribution in [0.25, 0.3) is 0 Å². The molecule has 0 aromatic carbocycles. The first kappa shape index (κ1) is 14.5. The normalized spacial score (nSPS) is 20.4. The number of aliphatic carboxylic acids is 1. The van der Waals surface area contributed by atoms with Crippen LogP contribution in [-0.2, 0) is 9.36 Å². The molecule has 8 heteroatoms. The molecule has 0 bridgehead atoms. The van der Waals surface area contributed by atoms with Crippen molar-refractivity contribution in [3.63, 3.8) is 0 Å². The molecule has 0 heterocycles. The van der Waals surface area contributed by atoms with Crippen molar-refractivity contribution >= 4 is 13.6 Å². The Morgan fingerprint density at radius 2 is 1.87 bits per heavy atom. The zero-order valence-electron chi connectivity index (χ0n) is 8.60. The number of carboxylic acid groups (broad SMARTS) is 1. The summed E-state index contributed by atoms with van der Waals surface area (Å²) in [5, 5.41) is 8.71. The number of carbonyl (C=O) groups is 1. The molecule has 0 saturated carbocycles. The van der Waals surface area contributed by atoms with Crippen molar-refractivity contribution in [1.29, 1.82) is 0 Å². The van der Waals surface area contributed by atoms with Gasteiger partial charge in [0, 0.05) is 6.92 Å². The summed E-state index contributed by atoms with van der Waals surface area (Å²) in [6.07, 6.45) is -1.25. The highest BCUT2D eigenvalue weighted by molar-refractivity contribution is 7.51. The number of alkyl halides is 1. The van der Waals surface area contributed by atoms with Gasteiger partial charge >= 0.3 is 13.6 Å². The number of quaternary nitrogens is 1. The standard InChI is InChI=1S/C7H15FNO5P/c1-6(8,3-4-15(12,13)14)7(2,9)5(10)11/h3-4,9H2,1-2H3,(H,10,11)(H2,12,13,14)/p+1. The van der Waals surface area contributed by atoms with E-state index >= 15 is 0 Å². The van der Waals surface area contributed by atoms with Gasteiger partial charge in [-0.15, -0.1) is 0 Å². The predicted octanol–water partition coefficient (Wildman–Crippen LogP) is -0.632. The van der Waals surface area contributed by atoms with Crippen LogP contribution in [0.1, 0.15) is 20.3 Å². The average Bonchev–Trinajstić information content (AvgIpc) is 1.99. The molecule has 0 aromatic rings. The monoisotopic (exact) mass is 244 g/mol.